The van der Waals surface area contributed by atoms with Crippen LogP contribution in [0.15, 0.2) is 0 Å². The molecule has 5 fully saturated rings. The molecule has 5 aliphatic carbocycles. The second kappa shape index (κ2) is 3.48. The van der Waals surface area contributed by atoms with Crippen molar-refractivity contribution >= 4 is 0 Å². The molecule has 0 aromatic carbocycles. The Bertz CT molecular complexity index is 242. The Morgan fingerprint density at radius 3 is 1.75 bits per heavy atom. The van der Waals surface area contributed by atoms with E-state index in [0.717, 1.165) is 23.8 Å². The zero-order valence-electron chi connectivity index (χ0n) is 10.4. The van der Waals surface area contributed by atoms with Crippen molar-refractivity contribution in [2.24, 2.45) is 17.8 Å². The van der Waals surface area contributed by atoms with Crippen molar-refractivity contribution in [3.63, 3.8) is 0 Å². The zero-order chi connectivity index (χ0) is 10.6. The first-order valence-electron chi connectivity index (χ1n) is 7.59. The van der Waals surface area contributed by atoms with Crippen molar-refractivity contribution in [2.75, 3.05) is 0 Å². The van der Waals surface area contributed by atoms with Crippen LogP contribution >= 0.6 is 0 Å². The average Bonchev–Trinajstić information content (AvgIpc) is 2.66. The molecule has 0 radical (unpaired) electrons. The van der Waals surface area contributed by atoms with Crippen LogP contribution in [0, 0.1) is 17.8 Å². The molecule has 1 nitrogen and oxygen atoms in total. The van der Waals surface area contributed by atoms with Crippen LogP contribution in [0.1, 0.15) is 64.2 Å². The lowest BCUT2D eigenvalue weighted by Gasteiger charge is -2.58. The van der Waals surface area contributed by atoms with Crippen molar-refractivity contribution in [1.82, 2.24) is 5.32 Å². The molecule has 5 saturated carbocycles. The smallest absolute Gasteiger partial charge is 0.0192 e. The Kier molecular flexibility index (Phi) is 2.16. The van der Waals surface area contributed by atoms with Gasteiger partial charge < -0.3 is 5.32 Å². The molecule has 0 unspecified atom stereocenters. The first-order chi connectivity index (χ1) is 7.81. The minimum absolute atomic E-state index is 0.615. The molecule has 16 heavy (non-hydrogen) atoms. The molecule has 0 aliphatic heterocycles. The van der Waals surface area contributed by atoms with Gasteiger partial charge >= 0.3 is 0 Å². The topological polar surface area (TPSA) is 12.0 Å². The summed E-state index contributed by atoms with van der Waals surface area (Å²) >= 11 is 0. The molecule has 1 N–H and O–H groups in total. The predicted molar refractivity (Wildman–Crippen MR) is 66.3 cm³/mol. The van der Waals surface area contributed by atoms with Crippen LogP contribution in [0.3, 0.4) is 0 Å². The second-order valence-corrected chi connectivity index (χ2v) is 7.32. The van der Waals surface area contributed by atoms with E-state index < -0.39 is 0 Å². The first-order valence-corrected chi connectivity index (χ1v) is 7.59. The van der Waals surface area contributed by atoms with E-state index in [1.165, 1.54) is 44.9 Å². The van der Waals surface area contributed by atoms with Gasteiger partial charge in [0.1, 0.15) is 0 Å². The molecular formula is C15H25N. The maximum atomic E-state index is 4.12. The van der Waals surface area contributed by atoms with E-state index in [2.05, 4.69) is 5.32 Å². The Labute approximate surface area is 99.4 Å². The molecule has 0 heterocycles. The molecule has 5 aliphatic rings. The SMILES string of the molecule is C1CCC(NC23CC4CC(CC(C4)C2)C3)C1. The minimum Gasteiger partial charge on any atom is -0.308 e. The van der Waals surface area contributed by atoms with E-state index in [-0.39, 0.29) is 0 Å². The summed E-state index contributed by atoms with van der Waals surface area (Å²) in [5.74, 6) is 3.29. The highest BCUT2D eigenvalue weighted by atomic mass is 15.0. The maximum Gasteiger partial charge on any atom is 0.0192 e. The summed E-state index contributed by atoms with van der Waals surface area (Å²) in [7, 11) is 0. The summed E-state index contributed by atoms with van der Waals surface area (Å²) < 4.78 is 0. The molecule has 4 bridgehead atoms. The summed E-state index contributed by atoms with van der Waals surface area (Å²) in [6.07, 6.45) is 15.2. The lowest BCUT2D eigenvalue weighted by molar-refractivity contribution is -0.0249. The number of hydrogen-bond donors (Lipinski definition) is 1. The highest BCUT2D eigenvalue weighted by Crippen LogP contribution is 2.55. The standard InChI is InChI=1S/C15H25N/c1-2-4-14(3-1)16-15-8-11-5-12(9-15)7-13(6-11)10-15/h11-14,16H,1-10H2. The second-order valence-electron chi connectivity index (χ2n) is 7.32. The van der Waals surface area contributed by atoms with E-state index in [4.69, 9.17) is 0 Å². The van der Waals surface area contributed by atoms with E-state index in [9.17, 15) is 0 Å². The summed E-state index contributed by atoms with van der Waals surface area (Å²) in [6, 6.07) is 0.885. The zero-order valence-corrected chi connectivity index (χ0v) is 10.4. The van der Waals surface area contributed by atoms with Gasteiger partial charge in [0.25, 0.3) is 0 Å². The highest BCUT2D eigenvalue weighted by Gasteiger charge is 2.51. The molecular weight excluding hydrogens is 194 g/mol. The lowest BCUT2D eigenvalue weighted by atomic mass is 9.53. The van der Waals surface area contributed by atoms with Gasteiger partial charge in [0.15, 0.2) is 0 Å². The first kappa shape index (κ1) is 9.94. The lowest BCUT2D eigenvalue weighted by Crippen LogP contribution is -2.60. The van der Waals surface area contributed by atoms with Crippen LogP contribution in [-0.4, -0.2) is 11.6 Å². The quantitative estimate of drug-likeness (QED) is 0.749. The third-order valence-corrected chi connectivity index (χ3v) is 5.90. The predicted octanol–water partition coefficient (Wildman–Crippen LogP) is 3.49. The third-order valence-electron chi connectivity index (χ3n) is 5.90. The van der Waals surface area contributed by atoms with Gasteiger partial charge in [0, 0.05) is 11.6 Å². The number of hydrogen-bond acceptors (Lipinski definition) is 1. The fraction of sp³-hybridized carbons (Fsp3) is 1.00. The Balaban J connectivity index is 1.52. The van der Waals surface area contributed by atoms with Crippen LogP contribution in [0.25, 0.3) is 0 Å². The summed E-state index contributed by atoms with van der Waals surface area (Å²) in [5, 5.41) is 4.12. The van der Waals surface area contributed by atoms with Gasteiger partial charge in [-0.05, 0) is 69.1 Å². The van der Waals surface area contributed by atoms with E-state index in [1.807, 2.05) is 0 Å². The Hall–Kier alpha value is -0.0400. The van der Waals surface area contributed by atoms with Gasteiger partial charge in [-0.25, -0.2) is 0 Å². The van der Waals surface area contributed by atoms with Gasteiger partial charge in [0.05, 0.1) is 0 Å². The largest absolute Gasteiger partial charge is 0.308 e. The monoisotopic (exact) mass is 219 g/mol. The molecule has 0 aromatic rings. The van der Waals surface area contributed by atoms with Crippen molar-refractivity contribution in [3.05, 3.63) is 0 Å². The molecule has 1 heteroatoms. The summed E-state index contributed by atoms with van der Waals surface area (Å²) in [4.78, 5) is 0. The van der Waals surface area contributed by atoms with Gasteiger partial charge in [-0.3, -0.25) is 0 Å². The third kappa shape index (κ3) is 1.54. The molecule has 0 amide bonds. The van der Waals surface area contributed by atoms with Crippen molar-refractivity contribution in [3.8, 4) is 0 Å². The van der Waals surface area contributed by atoms with Crippen molar-refractivity contribution < 1.29 is 0 Å². The molecule has 0 spiro atoms. The number of nitrogens with one attached hydrogen (secondary N) is 1. The van der Waals surface area contributed by atoms with Gasteiger partial charge in [-0.2, -0.15) is 0 Å². The van der Waals surface area contributed by atoms with Gasteiger partial charge in [-0.15, -0.1) is 0 Å². The molecule has 5 rings (SSSR count). The fourth-order valence-corrected chi connectivity index (χ4v) is 5.79. The fourth-order valence-electron chi connectivity index (χ4n) is 5.79. The van der Waals surface area contributed by atoms with Gasteiger partial charge in [0.2, 0.25) is 0 Å². The van der Waals surface area contributed by atoms with Gasteiger partial charge in [-0.1, -0.05) is 12.8 Å². The van der Waals surface area contributed by atoms with Crippen LogP contribution in [-0.2, 0) is 0 Å². The highest BCUT2D eigenvalue weighted by molar-refractivity contribution is 5.07. The maximum absolute atomic E-state index is 4.12. The van der Waals surface area contributed by atoms with E-state index in [1.54, 1.807) is 19.3 Å². The van der Waals surface area contributed by atoms with Crippen LogP contribution in [0.5, 0.6) is 0 Å². The molecule has 0 aromatic heterocycles. The Morgan fingerprint density at radius 2 is 1.25 bits per heavy atom. The number of rotatable bonds is 2. The van der Waals surface area contributed by atoms with E-state index >= 15 is 0 Å². The van der Waals surface area contributed by atoms with Crippen LogP contribution in [0.4, 0.5) is 0 Å². The van der Waals surface area contributed by atoms with E-state index in [0.29, 0.717) is 5.54 Å². The summed E-state index contributed by atoms with van der Waals surface area (Å²) in [6.45, 7) is 0. The molecule has 90 valence electrons. The molecule has 0 saturated heterocycles. The van der Waals surface area contributed by atoms with Crippen molar-refractivity contribution in [1.29, 1.82) is 0 Å². The Morgan fingerprint density at radius 1 is 0.750 bits per heavy atom. The summed E-state index contributed by atoms with van der Waals surface area (Å²) in [5.41, 5.74) is 0.615. The molecule has 0 atom stereocenters. The normalized spacial score (nSPS) is 51.4. The van der Waals surface area contributed by atoms with Crippen molar-refractivity contribution in [2.45, 2.75) is 75.8 Å². The average molecular weight is 219 g/mol. The van der Waals surface area contributed by atoms with Crippen LogP contribution in [0.2, 0.25) is 0 Å². The minimum atomic E-state index is 0.615. The van der Waals surface area contributed by atoms with Crippen LogP contribution < -0.4 is 5.32 Å².